The van der Waals surface area contributed by atoms with Crippen LogP contribution in [0.5, 0.6) is 5.88 Å². The van der Waals surface area contributed by atoms with Gasteiger partial charge < -0.3 is 15.2 Å². The van der Waals surface area contributed by atoms with Gasteiger partial charge in [0.25, 0.3) is 0 Å². The smallest absolute Gasteiger partial charge is 0.363 e. The highest BCUT2D eigenvalue weighted by Crippen LogP contribution is 2.22. The molecule has 0 radical (unpaired) electrons. The summed E-state index contributed by atoms with van der Waals surface area (Å²) in [4.78, 5) is 20.0. The van der Waals surface area contributed by atoms with Crippen LogP contribution in [0.25, 0.3) is 0 Å². The largest absolute Gasteiger partial charge is 0.470 e. The fourth-order valence-corrected chi connectivity index (χ4v) is 1.22. The molecule has 0 unspecified atom stereocenters. The molecular weight excluding hydrogens is 246 g/mol. The van der Waals surface area contributed by atoms with E-state index in [2.05, 4.69) is 9.97 Å². The van der Waals surface area contributed by atoms with Gasteiger partial charge >= 0.3 is 5.97 Å². The molecule has 0 aromatic carbocycles. The van der Waals surface area contributed by atoms with E-state index in [0.717, 1.165) is 0 Å². The highest BCUT2D eigenvalue weighted by atomic mass is 16.6. The number of esters is 1. The van der Waals surface area contributed by atoms with Crippen LogP contribution >= 0.6 is 0 Å². The van der Waals surface area contributed by atoms with Crippen molar-refractivity contribution >= 4 is 11.8 Å². The summed E-state index contributed by atoms with van der Waals surface area (Å²) in [5.41, 5.74) is 4.43. The molecular formula is C13H21N3O3. The number of nitrogens with two attached hydrogens (primary N) is 1. The molecule has 0 saturated carbocycles. The predicted molar refractivity (Wildman–Crippen MR) is 72.0 cm³/mol. The third kappa shape index (κ3) is 5.11. The quantitative estimate of drug-likeness (QED) is 0.826. The first kappa shape index (κ1) is 15.2. The van der Waals surface area contributed by atoms with Crippen molar-refractivity contribution in [3.8, 4) is 5.88 Å². The van der Waals surface area contributed by atoms with Crippen molar-refractivity contribution < 1.29 is 14.3 Å². The average molecular weight is 267 g/mol. The molecule has 1 rings (SSSR count). The topological polar surface area (TPSA) is 87.3 Å². The zero-order valence-corrected chi connectivity index (χ0v) is 12.3. The van der Waals surface area contributed by atoms with Crippen molar-refractivity contribution in [3.05, 3.63) is 11.9 Å². The standard InChI is InChI=1S/C13H21N3O3/c1-12(2,3)18-10-9(16-8(14)7-15-10)11(17)19-13(4,5)6/h7H,1-6H3,(H2,14,16). The van der Waals surface area contributed by atoms with Gasteiger partial charge in [-0.25, -0.2) is 14.8 Å². The summed E-state index contributed by atoms with van der Waals surface area (Å²) in [6.07, 6.45) is 1.34. The first-order chi connectivity index (χ1) is 8.48. The van der Waals surface area contributed by atoms with Crippen LogP contribution in [0.2, 0.25) is 0 Å². The molecule has 19 heavy (non-hydrogen) atoms. The Hall–Kier alpha value is -1.85. The number of ether oxygens (including phenoxy) is 2. The van der Waals surface area contributed by atoms with Gasteiger partial charge in [0.15, 0.2) is 0 Å². The molecule has 106 valence electrons. The normalized spacial score (nSPS) is 12.1. The Morgan fingerprint density at radius 1 is 1.16 bits per heavy atom. The number of hydrogen-bond acceptors (Lipinski definition) is 6. The number of carbonyl (C=O) groups is 1. The number of hydrogen-bond donors (Lipinski definition) is 1. The van der Waals surface area contributed by atoms with Crippen LogP contribution in [0.3, 0.4) is 0 Å². The van der Waals surface area contributed by atoms with Crippen LogP contribution in [0.15, 0.2) is 6.20 Å². The van der Waals surface area contributed by atoms with Gasteiger partial charge in [-0.15, -0.1) is 0 Å². The number of aromatic nitrogens is 2. The Kier molecular flexibility index (Phi) is 4.03. The van der Waals surface area contributed by atoms with Crippen molar-refractivity contribution in [3.63, 3.8) is 0 Å². The molecule has 0 fully saturated rings. The predicted octanol–water partition coefficient (Wildman–Crippen LogP) is 2.19. The molecule has 0 spiro atoms. The second-order valence-corrected chi connectivity index (χ2v) is 6.16. The van der Waals surface area contributed by atoms with Crippen LogP contribution < -0.4 is 10.5 Å². The monoisotopic (exact) mass is 267 g/mol. The van der Waals surface area contributed by atoms with Gasteiger partial charge in [0.05, 0.1) is 6.20 Å². The lowest BCUT2D eigenvalue weighted by atomic mass is 10.2. The fourth-order valence-electron chi connectivity index (χ4n) is 1.22. The Bertz CT molecular complexity index is 473. The molecule has 1 aromatic rings. The number of rotatable bonds is 2. The molecule has 1 heterocycles. The van der Waals surface area contributed by atoms with E-state index in [1.807, 2.05) is 20.8 Å². The minimum absolute atomic E-state index is 0.00940. The van der Waals surface area contributed by atoms with Gasteiger partial charge in [-0.1, -0.05) is 0 Å². The second-order valence-electron chi connectivity index (χ2n) is 6.16. The Labute approximate surface area is 113 Å². The summed E-state index contributed by atoms with van der Waals surface area (Å²) in [5.74, 6) is -0.343. The molecule has 6 heteroatoms. The third-order valence-corrected chi connectivity index (χ3v) is 1.75. The molecule has 0 amide bonds. The maximum Gasteiger partial charge on any atom is 0.363 e. The van der Waals surface area contributed by atoms with Gasteiger partial charge in [-0.2, -0.15) is 0 Å². The SMILES string of the molecule is CC(C)(C)OC(=O)c1nc(N)cnc1OC(C)(C)C. The second kappa shape index (κ2) is 5.03. The lowest BCUT2D eigenvalue weighted by Gasteiger charge is -2.23. The van der Waals surface area contributed by atoms with Crippen LogP contribution in [0.1, 0.15) is 52.0 Å². The maximum atomic E-state index is 12.1. The number of nitrogen functional groups attached to an aromatic ring is 1. The van der Waals surface area contributed by atoms with E-state index in [-0.39, 0.29) is 17.4 Å². The molecule has 6 nitrogen and oxygen atoms in total. The Balaban J connectivity index is 3.10. The molecule has 0 aliphatic heterocycles. The summed E-state index contributed by atoms with van der Waals surface area (Å²) in [7, 11) is 0. The molecule has 0 aliphatic rings. The van der Waals surface area contributed by atoms with E-state index in [1.54, 1.807) is 20.8 Å². The minimum atomic E-state index is -0.623. The lowest BCUT2D eigenvalue weighted by Crippen LogP contribution is -2.28. The van der Waals surface area contributed by atoms with Gasteiger partial charge in [0, 0.05) is 0 Å². The summed E-state index contributed by atoms with van der Waals surface area (Å²) < 4.78 is 10.9. The van der Waals surface area contributed by atoms with Crippen molar-refractivity contribution in [1.82, 2.24) is 9.97 Å². The average Bonchev–Trinajstić information content (AvgIpc) is 2.16. The summed E-state index contributed by atoms with van der Waals surface area (Å²) >= 11 is 0. The third-order valence-electron chi connectivity index (χ3n) is 1.75. The van der Waals surface area contributed by atoms with Crippen LogP contribution in [-0.4, -0.2) is 27.1 Å². The first-order valence-electron chi connectivity index (χ1n) is 6.03. The van der Waals surface area contributed by atoms with Crippen molar-refractivity contribution in [2.24, 2.45) is 0 Å². The van der Waals surface area contributed by atoms with Crippen molar-refractivity contribution in [2.45, 2.75) is 52.7 Å². The van der Waals surface area contributed by atoms with Gasteiger partial charge in [0.2, 0.25) is 11.6 Å². The van der Waals surface area contributed by atoms with E-state index >= 15 is 0 Å². The zero-order valence-electron chi connectivity index (χ0n) is 12.3. The summed E-state index contributed by atoms with van der Waals surface area (Å²) in [6, 6.07) is 0. The van der Waals surface area contributed by atoms with Gasteiger partial charge in [-0.05, 0) is 41.5 Å². The van der Waals surface area contributed by atoms with Gasteiger partial charge in [0.1, 0.15) is 17.0 Å². The van der Waals surface area contributed by atoms with E-state index < -0.39 is 17.2 Å². The van der Waals surface area contributed by atoms with Crippen molar-refractivity contribution in [1.29, 1.82) is 0 Å². The Morgan fingerprint density at radius 2 is 1.74 bits per heavy atom. The van der Waals surface area contributed by atoms with E-state index in [9.17, 15) is 4.79 Å². The molecule has 0 atom stereocenters. The summed E-state index contributed by atoms with van der Waals surface area (Å²) in [5, 5.41) is 0. The number of carbonyl (C=O) groups excluding carboxylic acids is 1. The van der Waals surface area contributed by atoms with Crippen LogP contribution in [0.4, 0.5) is 5.82 Å². The highest BCUT2D eigenvalue weighted by Gasteiger charge is 2.26. The zero-order chi connectivity index (χ0) is 14.8. The van der Waals surface area contributed by atoms with Crippen LogP contribution in [0, 0.1) is 0 Å². The van der Waals surface area contributed by atoms with E-state index in [1.165, 1.54) is 6.20 Å². The van der Waals surface area contributed by atoms with Crippen LogP contribution in [-0.2, 0) is 4.74 Å². The van der Waals surface area contributed by atoms with Gasteiger partial charge in [-0.3, -0.25) is 0 Å². The summed E-state index contributed by atoms with van der Waals surface area (Å²) in [6.45, 7) is 10.9. The van der Waals surface area contributed by atoms with E-state index in [0.29, 0.717) is 0 Å². The molecule has 0 saturated heterocycles. The highest BCUT2D eigenvalue weighted by molar-refractivity contribution is 5.90. The molecule has 0 aliphatic carbocycles. The number of anilines is 1. The molecule has 0 bridgehead atoms. The molecule has 1 aromatic heterocycles. The fraction of sp³-hybridized carbons (Fsp3) is 0.615. The minimum Gasteiger partial charge on any atom is -0.470 e. The lowest BCUT2D eigenvalue weighted by molar-refractivity contribution is 0.00524. The molecule has 2 N–H and O–H groups in total. The number of nitrogens with zero attached hydrogens (tertiary/aromatic N) is 2. The Morgan fingerprint density at radius 3 is 2.21 bits per heavy atom. The van der Waals surface area contributed by atoms with Crippen molar-refractivity contribution in [2.75, 3.05) is 5.73 Å². The maximum absolute atomic E-state index is 12.1. The van der Waals surface area contributed by atoms with E-state index in [4.69, 9.17) is 15.2 Å². The first-order valence-corrected chi connectivity index (χ1v) is 6.03.